The standard InChI is InChI=1S/C28H36N4O2/c1-4-10-24(25(5-2)33-3)22-13-18-32(19-14-22)20-17-29-21-26-30-27(31-34-26)28(15-9-16-28)23-11-7-6-8-12-23/h2,4,6-8,10-12,22,29H,9,13-21H2,1,3H3/b10-4-,25-24-. The number of allylic oxidation sites excluding steroid dienone is 4. The molecule has 4 rings (SSSR count). The van der Waals surface area contributed by atoms with Crippen molar-refractivity contribution in [2.75, 3.05) is 33.3 Å². The number of nitrogens with zero attached hydrogens (tertiary/aromatic N) is 3. The Morgan fingerprint density at radius 3 is 2.68 bits per heavy atom. The van der Waals surface area contributed by atoms with E-state index in [-0.39, 0.29) is 5.41 Å². The van der Waals surface area contributed by atoms with Gasteiger partial charge in [-0.3, -0.25) is 0 Å². The lowest BCUT2D eigenvalue weighted by Gasteiger charge is -2.39. The molecule has 180 valence electrons. The van der Waals surface area contributed by atoms with Gasteiger partial charge in [0.15, 0.2) is 11.6 Å². The smallest absolute Gasteiger partial charge is 0.240 e. The Kier molecular flexibility index (Phi) is 8.21. The number of benzene rings is 1. The first-order chi connectivity index (χ1) is 16.7. The summed E-state index contributed by atoms with van der Waals surface area (Å²) in [6.07, 6.45) is 15.3. The van der Waals surface area contributed by atoms with E-state index in [0.29, 0.717) is 24.1 Å². The summed E-state index contributed by atoms with van der Waals surface area (Å²) in [6.45, 7) is 6.61. The second-order valence-electron chi connectivity index (χ2n) is 9.24. The Balaban J connectivity index is 1.23. The predicted molar refractivity (Wildman–Crippen MR) is 134 cm³/mol. The first-order valence-corrected chi connectivity index (χ1v) is 12.4. The van der Waals surface area contributed by atoms with Gasteiger partial charge in [0.05, 0.1) is 19.1 Å². The number of piperidine rings is 1. The normalized spacial score (nSPS) is 19.4. The van der Waals surface area contributed by atoms with Crippen molar-refractivity contribution in [3.05, 3.63) is 71.1 Å². The van der Waals surface area contributed by atoms with Crippen molar-refractivity contribution >= 4 is 0 Å². The summed E-state index contributed by atoms with van der Waals surface area (Å²) in [5.74, 6) is 5.30. The fraction of sp³-hybridized carbons (Fsp3) is 0.500. The van der Waals surface area contributed by atoms with E-state index in [2.05, 4.69) is 57.7 Å². The summed E-state index contributed by atoms with van der Waals surface area (Å²) in [5, 5.41) is 7.83. The first-order valence-electron chi connectivity index (χ1n) is 12.4. The van der Waals surface area contributed by atoms with Crippen LogP contribution in [0.1, 0.15) is 56.3 Å². The SMILES string of the molecule is C#C/C(OC)=C(\C=C/C)C1CCN(CCNCc2nc(C3(c4ccccc4)CCC3)no2)CC1. The molecule has 0 spiro atoms. The molecule has 0 radical (unpaired) electrons. The lowest BCUT2D eigenvalue weighted by atomic mass is 9.64. The number of hydrogen-bond donors (Lipinski definition) is 1. The second-order valence-corrected chi connectivity index (χ2v) is 9.24. The summed E-state index contributed by atoms with van der Waals surface area (Å²) in [5.41, 5.74) is 2.37. The maximum Gasteiger partial charge on any atom is 0.240 e. The Morgan fingerprint density at radius 2 is 2.06 bits per heavy atom. The molecule has 0 unspecified atom stereocenters. The van der Waals surface area contributed by atoms with Crippen LogP contribution in [0.3, 0.4) is 0 Å². The Bertz CT molecular complexity index is 1020. The molecule has 2 heterocycles. The second kappa shape index (κ2) is 11.5. The minimum Gasteiger partial charge on any atom is -0.488 e. The molecular weight excluding hydrogens is 424 g/mol. The highest BCUT2D eigenvalue weighted by atomic mass is 16.5. The van der Waals surface area contributed by atoms with E-state index in [1.807, 2.05) is 13.0 Å². The molecule has 2 fully saturated rings. The number of rotatable bonds is 10. The highest BCUT2D eigenvalue weighted by Crippen LogP contribution is 2.47. The fourth-order valence-corrected chi connectivity index (χ4v) is 5.19. The number of hydrogen-bond acceptors (Lipinski definition) is 6. The molecule has 1 aromatic heterocycles. The third kappa shape index (κ3) is 5.27. The molecule has 1 saturated carbocycles. The highest BCUT2D eigenvalue weighted by Gasteiger charge is 2.44. The maximum atomic E-state index is 5.64. The van der Waals surface area contributed by atoms with Crippen LogP contribution in [0, 0.1) is 18.3 Å². The van der Waals surface area contributed by atoms with Crippen molar-refractivity contribution in [3.63, 3.8) is 0 Å². The van der Waals surface area contributed by atoms with Gasteiger partial charge in [0, 0.05) is 18.7 Å². The number of ether oxygens (including phenoxy) is 1. The minimum absolute atomic E-state index is 0.0737. The summed E-state index contributed by atoms with van der Waals surface area (Å²) < 4.78 is 11.0. The van der Waals surface area contributed by atoms with E-state index in [1.165, 1.54) is 12.0 Å². The molecular formula is C28H36N4O2. The van der Waals surface area contributed by atoms with Crippen LogP contribution in [0.15, 0.2) is 58.3 Å². The van der Waals surface area contributed by atoms with Crippen molar-refractivity contribution in [2.45, 2.75) is 51.0 Å². The van der Waals surface area contributed by atoms with Gasteiger partial charge in [-0.15, -0.1) is 6.42 Å². The van der Waals surface area contributed by atoms with E-state index >= 15 is 0 Å². The van der Waals surface area contributed by atoms with Crippen molar-refractivity contribution in [1.82, 2.24) is 20.4 Å². The van der Waals surface area contributed by atoms with Crippen LogP contribution >= 0.6 is 0 Å². The van der Waals surface area contributed by atoms with E-state index in [4.69, 9.17) is 20.7 Å². The van der Waals surface area contributed by atoms with E-state index in [9.17, 15) is 0 Å². The molecule has 2 aliphatic rings. The van der Waals surface area contributed by atoms with Gasteiger partial charge in [0.2, 0.25) is 5.89 Å². The zero-order chi connectivity index (χ0) is 23.8. The van der Waals surface area contributed by atoms with E-state index in [1.54, 1.807) is 7.11 Å². The van der Waals surface area contributed by atoms with Crippen LogP contribution in [-0.4, -0.2) is 48.3 Å². The van der Waals surface area contributed by atoms with E-state index < -0.39 is 0 Å². The zero-order valence-corrected chi connectivity index (χ0v) is 20.4. The average molecular weight is 461 g/mol. The van der Waals surface area contributed by atoms with Crippen LogP contribution in [0.5, 0.6) is 0 Å². The zero-order valence-electron chi connectivity index (χ0n) is 20.4. The van der Waals surface area contributed by atoms with Crippen molar-refractivity contribution in [2.24, 2.45) is 5.92 Å². The van der Waals surface area contributed by atoms with Crippen molar-refractivity contribution in [1.29, 1.82) is 0 Å². The molecule has 6 heteroatoms. The fourth-order valence-electron chi connectivity index (χ4n) is 5.19. The molecule has 34 heavy (non-hydrogen) atoms. The van der Waals surface area contributed by atoms with Crippen LogP contribution in [0.4, 0.5) is 0 Å². The first kappa shape index (κ1) is 24.3. The number of terminal acetylenes is 1. The summed E-state index contributed by atoms with van der Waals surface area (Å²) in [4.78, 5) is 7.25. The number of aromatic nitrogens is 2. The van der Waals surface area contributed by atoms with Gasteiger partial charge in [-0.25, -0.2) is 0 Å². The predicted octanol–water partition coefficient (Wildman–Crippen LogP) is 4.45. The molecule has 1 saturated heterocycles. The lowest BCUT2D eigenvalue weighted by molar-refractivity contribution is 0.195. The summed E-state index contributed by atoms with van der Waals surface area (Å²) in [7, 11) is 1.65. The topological polar surface area (TPSA) is 63.4 Å². The van der Waals surface area contributed by atoms with Gasteiger partial charge in [0.25, 0.3) is 0 Å². The molecule has 0 bridgehead atoms. The van der Waals surface area contributed by atoms with Gasteiger partial charge in [-0.2, -0.15) is 4.98 Å². The average Bonchev–Trinajstić information content (AvgIpc) is 3.31. The van der Waals surface area contributed by atoms with Gasteiger partial charge < -0.3 is 19.5 Å². The monoisotopic (exact) mass is 460 g/mol. The largest absolute Gasteiger partial charge is 0.488 e. The molecule has 1 N–H and O–H groups in total. The van der Waals surface area contributed by atoms with Gasteiger partial charge in [-0.1, -0.05) is 54.1 Å². The lowest BCUT2D eigenvalue weighted by Crippen LogP contribution is -2.38. The van der Waals surface area contributed by atoms with Gasteiger partial charge in [0.1, 0.15) is 0 Å². The molecule has 1 aliphatic heterocycles. The number of nitrogens with one attached hydrogen (secondary N) is 1. The maximum absolute atomic E-state index is 5.64. The highest BCUT2D eigenvalue weighted by molar-refractivity contribution is 5.36. The summed E-state index contributed by atoms with van der Waals surface area (Å²) >= 11 is 0. The van der Waals surface area contributed by atoms with Gasteiger partial charge >= 0.3 is 0 Å². The number of likely N-dealkylation sites (tertiary alicyclic amines) is 1. The molecule has 0 atom stereocenters. The Hall–Kier alpha value is -2.88. The Morgan fingerprint density at radius 1 is 1.29 bits per heavy atom. The third-order valence-electron chi connectivity index (χ3n) is 7.28. The van der Waals surface area contributed by atoms with E-state index in [0.717, 1.165) is 63.3 Å². The van der Waals surface area contributed by atoms with Crippen LogP contribution in [-0.2, 0) is 16.7 Å². The third-order valence-corrected chi connectivity index (χ3v) is 7.28. The molecule has 1 aliphatic carbocycles. The minimum atomic E-state index is -0.0737. The summed E-state index contributed by atoms with van der Waals surface area (Å²) in [6, 6.07) is 10.6. The van der Waals surface area contributed by atoms with Crippen LogP contribution < -0.4 is 5.32 Å². The quantitative estimate of drug-likeness (QED) is 0.245. The Labute approximate surface area is 203 Å². The molecule has 1 aromatic carbocycles. The van der Waals surface area contributed by atoms with Crippen LogP contribution in [0.2, 0.25) is 0 Å². The molecule has 6 nitrogen and oxygen atoms in total. The van der Waals surface area contributed by atoms with Gasteiger partial charge in [-0.05, 0) is 63.1 Å². The molecule has 0 amide bonds. The van der Waals surface area contributed by atoms with Crippen molar-refractivity contribution in [3.8, 4) is 12.3 Å². The van der Waals surface area contributed by atoms with Crippen LogP contribution in [0.25, 0.3) is 0 Å². The van der Waals surface area contributed by atoms with Crippen molar-refractivity contribution < 1.29 is 9.26 Å². The molecule has 2 aromatic rings. The number of methoxy groups -OCH3 is 1.